The SMILES string of the molecule is COc1ccc(-c2ccc(C)c(NC(=O)NC[C@@H](C)O)c2)cn1. The first kappa shape index (κ1) is 16.8. The molecule has 1 aromatic heterocycles. The van der Waals surface area contributed by atoms with Crippen LogP contribution in [0.25, 0.3) is 11.1 Å². The van der Waals surface area contributed by atoms with Gasteiger partial charge in [-0.3, -0.25) is 0 Å². The molecule has 0 saturated heterocycles. The Kier molecular flexibility index (Phi) is 5.54. The number of aliphatic hydroxyl groups is 1. The number of pyridine rings is 1. The first-order valence-corrected chi connectivity index (χ1v) is 7.33. The lowest BCUT2D eigenvalue weighted by molar-refractivity contribution is 0.190. The molecule has 0 saturated carbocycles. The quantitative estimate of drug-likeness (QED) is 0.792. The molecule has 2 rings (SSSR count). The van der Waals surface area contributed by atoms with Gasteiger partial charge in [0.25, 0.3) is 0 Å². The number of hydrogen-bond donors (Lipinski definition) is 3. The zero-order valence-electron chi connectivity index (χ0n) is 13.5. The third-order valence-electron chi connectivity index (χ3n) is 3.32. The van der Waals surface area contributed by atoms with Crippen LogP contribution in [0, 0.1) is 6.92 Å². The Balaban J connectivity index is 2.16. The highest BCUT2D eigenvalue weighted by atomic mass is 16.5. The molecule has 1 aromatic carbocycles. The Morgan fingerprint density at radius 3 is 2.65 bits per heavy atom. The van der Waals surface area contributed by atoms with Gasteiger partial charge in [-0.15, -0.1) is 0 Å². The number of methoxy groups -OCH3 is 1. The van der Waals surface area contributed by atoms with E-state index in [4.69, 9.17) is 4.74 Å². The molecule has 0 radical (unpaired) electrons. The van der Waals surface area contributed by atoms with Gasteiger partial charge in [0.1, 0.15) is 0 Å². The highest BCUT2D eigenvalue weighted by molar-refractivity contribution is 5.91. The average molecular weight is 315 g/mol. The van der Waals surface area contributed by atoms with Crippen molar-refractivity contribution in [2.75, 3.05) is 19.0 Å². The van der Waals surface area contributed by atoms with Crippen LogP contribution in [0.2, 0.25) is 0 Å². The Morgan fingerprint density at radius 1 is 1.30 bits per heavy atom. The topological polar surface area (TPSA) is 83.5 Å². The number of aliphatic hydroxyl groups excluding tert-OH is 1. The number of carbonyl (C=O) groups is 1. The van der Waals surface area contributed by atoms with Crippen molar-refractivity contribution in [2.24, 2.45) is 0 Å². The van der Waals surface area contributed by atoms with Crippen LogP contribution in [0.4, 0.5) is 10.5 Å². The Hall–Kier alpha value is -2.60. The Labute approximate surface area is 135 Å². The van der Waals surface area contributed by atoms with Gasteiger partial charge in [-0.2, -0.15) is 0 Å². The third-order valence-corrected chi connectivity index (χ3v) is 3.32. The maximum Gasteiger partial charge on any atom is 0.319 e. The molecular formula is C17H21N3O3. The van der Waals surface area contributed by atoms with E-state index in [9.17, 15) is 9.90 Å². The van der Waals surface area contributed by atoms with Crippen LogP contribution in [-0.2, 0) is 0 Å². The van der Waals surface area contributed by atoms with Crippen LogP contribution < -0.4 is 15.4 Å². The summed E-state index contributed by atoms with van der Waals surface area (Å²) in [4.78, 5) is 16.0. The second kappa shape index (κ2) is 7.60. The fourth-order valence-corrected chi connectivity index (χ4v) is 2.01. The summed E-state index contributed by atoms with van der Waals surface area (Å²) < 4.78 is 5.05. The summed E-state index contributed by atoms with van der Waals surface area (Å²) in [6, 6.07) is 9.15. The van der Waals surface area contributed by atoms with Gasteiger partial charge in [0, 0.05) is 30.1 Å². The molecule has 0 aliphatic heterocycles. The van der Waals surface area contributed by atoms with E-state index in [1.165, 1.54) is 0 Å². The predicted octanol–water partition coefficient (Wildman–Crippen LogP) is 2.57. The third kappa shape index (κ3) is 4.69. The molecule has 1 atom stereocenters. The van der Waals surface area contributed by atoms with E-state index >= 15 is 0 Å². The molecule has 6 nitrogen and oxygen atoms in total. The van der Waals surface area contributed by atoms with Gasteiger partial charge in [-0.05, 0) is 37.1 Å². The van der Waals surface area contributed by atoms with E-state index in [1.54, 1.807) is 26.3 Å². The standard InChI is InChI=1S/C17H21N3O3/c1-11-4-5-13(14-6-7-16(23-3)18-10-14)8-15(11)20-17(22)19-9-12(2)21/h4-8,10,12,21H,9H2,1-3H3,(H2,19,20,22)/t12-/m1/s1. The number of urea groups is 1. The van der Waals surface area contributed by atoms with Crippen LogP contribution >= 0.6 is 0 Å². The number of hydrogen-bond acceptors (Lipinski definition) is 4. The molecule has 2 aromatic rings. The monoisotopic (exact) mass is 315 g/mol. The maximum atomic E-state index is 11.8. The second-order valence-electron chi connectivity index (χ2n) is 5.30. The van der Waals surface area contributed by atoms with Crippen molar-refractivity contribution in [1.82, 2.24) is 10.3 Å². The average Bonchev–Trinajstić information content (AvgIpc) is 2.55. The molecule has 122 valence electrons. The summed E-state index contributed by atoms with van der Waals surface area (Å²) in [6.45, 7) is 3.73. The van der Waals surface area contributed by atoms with Crippen LogP contribution in [-0.4, -0.2) is 35.9 Å². The number of nitrogens with zero attached hydrogens (tertiary/aromatic N) is 1. The van der Waals surface area contributed by atoms with Gasteiger partial charge in [0.15, 0.2) is 0 Å². The highest BCUT2D eigenvalue weighted by Gasteiger charge is 2.08. The zero-order chi connectivity index (χ0) is 16.8. The number of aryl methyl sites for hydroxylation is 1. The van der Waals surface area contributed by atoms with Crippen LogP contribution in [0.5, 0.6) is 5.88 Å². The smallest absolute Gasteiger partial charge is 0.319 e. The first-order valence-electron chi connectivity index (χ1n) is 7.33. The summed E-state index contributed by atoms with van der Waals surface area (Å²) in [6.07, 6.45) is 1.14. The van der Waals surface area contributed by atoms with Crippen molar-refractivity contribution in [3.63, 3.8) is 0 Å². The molecule has 0 bridgehead atoms. The van der Waals surface area contributed by atoms with Crippen molar-refractivity contribution in [3.8, 4) is 17.0 Å². The second-order valence-corrected chi connectivity index (χ2v) is 5.30. The van der Waals surface area contributed by atoms with E-state index in [-0.39, 0.29) is 12.6 Å². The first-order chi connectivity index (χ1) is 11.0. The van der Waals surface area contributed by atoms with E-state index in [0.717, 1.165) is 16.7 Å². The predicted molar refractivity (Wildman–Crippen MR) is 89.7 cm³/mol. The summed E-state index contributed by atoms with van der Waals surface area (Å²) >= 11 is 0. The van der Waals surface area contributed by atoms with Crippen LogP contribution in [0.1, 0.15) is 12.5 Å². The molecule has 0 spiro atoms. The number of aromatic nitrogens is 1. The van der Waals surface area contributed by atoms with Gasteiger partial charge >= 0.3 is 6.03 Å². The number of ether oxygens (including phenoxy) is 1. The van der Waals surface area contributed by atoms with Crippen LogP contribution in [0.3, 0.4) is 0 Å². The largest absolute Gasteiger partial charge is 0.481 e. The lowest BCUT2D eigenvalue weighted by Gasteiger charge is -2.12. The van der Waals surface area contributed by atoms with Crippen molar-refractivity contribution in [1.29, 1.82) is 0 Å². The van der Waals surface area contributed by atoms with Gasteiger partial charge in [0.2, 0.25) is 5.88 Å². The van der Waals surface area contributed by atoms with Crippen molar-refractivity contribution < 1.29 is 14.6 Å². The molecule has 23 heavy (non-hydrogen) atoms. The molecule has 1 heterocycles. The van der Waals surface area contributed by atoms with Crippen molar-refractivity contribution in [3.05, 3.63) is 42.1 Å². The lowest BCUT2D eigenvalue weighted by Crippen LogP contribution is -2.34. The number of benzene rings is 1. The van der Waals surface area contributed by atoms with E-state index in [1.807, 2.05) is 31.2 Å². The van der Waals surface area contributed by atoms with Gasteiger partial charge in [-0.1, -0.05) is 12.1 Å². The Morgan fingerprint density at radius 2 is 2.04 bits per heavy atom. The Bertz CT molecular complexity index is 669. The van der Waals surface area contributed by atoms with E-state index in [2.05, 4.69) is 15.6 Å². The van der Waals surface area contributed by atoms with E-state index in [0.29, 0.717) is 11.6 Å². The fourth-order valence-electron chi connectivity index (χ4n) is 2.01. The van der Waals surface area contributed by atoms with Gasteiger partial charge < -0.3 is 20.5 Å². The summed E-state index contributed by atoms with van der Waals surface area (Å²) in [5.41, 5.74) is 3.53. The maximum absolute atomic E-state index is 11.8. The molecular weight excluding hydrogens is 294 g/mol. The minimum atomic E-state index is -0.585. The van der Waals surface area contributed by atoms with Gasteiger partial charge in [-0.25, -0.2) is 9.78 Å². The van der Waals surface area contributed by atoms with Gasteiger partial charge in [0.05, 0.1) is 13.2 Å². The zero-order valence-corrected chi connectivity index (χ0v) is 13.5. The minimum Gasteiger partial charge on any atom is -0.481 e. The van der Waals surface area contributed by atoms with Crippen molar-refractivity contribution in [2.45, 2.75) is 20.0 Å². The van der Waals surface area contributed by atoms with Crippen molar-refractivity contribution >= 4 is 11.7 Å². The summed E-state index contributed by atoms with van der Waals surface area (Å²) in [5.74, 6) is 0.553. The molecule has 6 heteroatoms. The molecule has 3 N–H and O–H groups in total. The summed E-state index contributed by atoms with van der Waals surface area (Å²) in [7, 11) is 1.57. The molecule has 2 amide bonds. The number of carbonyl (C=O) groups excluding carboxylic acids is 1. The number of nitrogens with one attached hydrogen (secondary N) is 2. The highest BCUT2D eigenvalue weighted by Crippen LogP contribution is 2.25. The summed E-state index contributed by atoms with van der Waals surface area (Å²) in [5, 5.41) is 14.6. The molecule has 0 aliphatic carbocycles. The van der Waals surface area contributed by atoms with Crippen LogP contribution in [0.15, 0.2) is 36.5 Å². The number of amides is 2. The fraction of sp³-hybridized carbons (Fsp3) is 0.294. The number of rotatable bonds is 5. The normalized spacial score (nSPS) is 11.7. The molecule has 0 unspecified atom stereocenters. The lowest BCUT2D eigenvalue weighted by atomic mass is 10.0. The molecule has 0 fully saturated rings. The minimum absolute atomic E-state index is 0.201. The molecule has 0 aliphatic rings. The van der Waals surface area contributed by atoms with E-state index < -0.39 is 6.10 Å². The number of anilines is 1.